The van der Waals surface area contributed by atoms with E-state index in [1.807, 2.05) is 24.3 Å². The van der Waals surface area contributed by atoms with Gasteiger partial charge in [-0.1, -0.05) is 37.6 Å². The van der Waals surface area contributed by atoms with E-state index in [1.165, 1.54) is 11.6 Å². The van der Waals surface area contributed by atoms with Crippen LogP contribution in [0.25, 0.3) is 0 Å². The molecule has 2 N–H and O–H groups in total. The van der Waals surface area contributed by atoms with Crippen LogP contribution in [0.3, 0.4) is 0 Å². The summed E-state index contributed by atoms with van der Waals surface area (Å²) in [6, 6.07) is 13.7. The molecule has 0 fully saturated rings. The Balaban J connectivity index is 1.95. The van der Waals surface area contributed by atoms with Crippen molar-refractivity contribution < 1.29 is 9.18 Å². The van der Waals surface area contributed by atoms with Crippen molar-refractivity contribution in [2.24, 2.45) is 0 Å². The van der Waals surface area contributed by atoms with Gasteiger partial charge in [0.15, 0.2) is 0 Å². The van der Waals surface area contributed by atoms with Crippen molar-refractivity contribution in [1.82, 2.24) is 0 Å². The zero-order valence-electron chi connectivity index (χ0n) is 12.9. The van der Waals surface area contributed by atoms with Crippen molar-refractivity contribution in [2.75, 3.05) is 10.6 Å². The van der Waals surface area contributed by atoms with Crippen molar-refractivity contribution in [3.05, 3.63) is 59.9 Å². The van der Waals surface area contributed by atoms with Crippen LogP contribution in [0.5, 0.6) is 0 Å². The molecular formula is C18H21FN2O. The Bertz CT molecular complexity index is 625. The zero-order valence-corrected chi connectivity index (χ0v) is 12.9. The normalized spacial score (nSPS) is 11.8. The number of anilines is 2. The van der Waals surface area contributed by atoms with E-state index in [9.17, 15) is 9.18 Å². The summed E-state index contributed by atoms with van der Waals surface area (Å²) in [6.07, 6.45) is 2.15. The molecule has 3 nitrogen and oxygen atoms in total. The van der Waals surface area contributed by atoms with E-state index < -0.39 is 11.9 Å². The molecule has 0 aromatic heterocycles. The van der Waals surface area contributed by atoms with Crippen LogP contribution in [0.4, 0.5) is 15.8 Å². The molecular weight excluding hydrogens is 279 g/mol. The van der Waals surface area contributed by atoms with Crippen LogP contribution in [0.15, 0.2) is 48.5 Å². The van der Waals surface area contributed by atoms with E-state index in [1.54, 1.807) is 25.1 Å². The monoisotopic (exact) mass is 300 g/mol. The number of hydrogen-bond acceptors (Lipinski definition) is 2. The number of carbonyl (C=O) groups is 1. The fourth-order valence-electron chi connectivity index (χ4n) is 2.18. The van der Waals surface area contributed by atoms with Crippen molar-refractivity contribution in [3.63, 3.8) is 0 Å². The lowest BCUT2D eigenvalue weighted by Crippen LogP contribution is -2.32. The fraction of sp³-hybridized carbons (Fsp3) is 0.278. The molecule has 0 saturated carbocycles. The smallest absolute Gasteiger partial charge is 0.246 e. The van der Waals surface area contributed by atoms with Gasteiger partial charge in [0, 0.05) is 5.69 Å². The number of para-hydroxylation sites is 1. The summed E-state index contributed by atoms with van der Waals surface area (Å²) in [6.45, 7) is 3.89. The maximum absolute atomic E-state index is 13.5. The quantitative estimate of drug-likeness (QED) is 0.838. The maximum atomic E-state index is 13.5. The van der Waals surface area contributed by atoms with E-state index >= 15 is 0 Å². The summed E-state index contributed by atoms with van der Waals surface area (Å²) < 4.78 is 13.5. The van der Waals surface area contributed by atoms with E-state index in [2.05, 4.69) is 17.6 Å². The lowest BCUT2D eigenvalue weighted by molar-refractivity contribution is -0.116. The molecule has 0 aliphatic rings. The third kappa shape index (κ3) is 4.32. The van der Waals surface area contributed by atoms with Gasteiger partial charge in [0.1, 0.15) is 11.9 Å². The average molecular weight is 300 g/mol. The van der Waals surface area contributed by atoms with E-state index in [4.69, 9.17) is 0 Å². The van der Waals surface area contributed by atoms with Crippen molar-refractivity contribution in [2.45, 2.75) is 32.7 Å². The van der Waals surface area contributed by atoms with Crippen LogP contribution >= 0.6 is 0 Å². The molecule has 1 amide bonds. The summed E-state index contributed by atoms with van der Waals surface area (Å²) in [4.78, 5) is 12.1. The minimum Gasteiger partial charge on any atom is -0.374 e. The second-order valence-electron chi connectivity index (χ2n) is 5.28. The van der Waals surface area contributed by atoms with Gasteiger partial charge < -0.3 is 10.6 Å². The highest BCUT2D eigenvalue weighted by molar-refractivity contribution is 5.96. The van der Waals surface area contributed by atoms with Gasteiger partial charge in [-0.25, -0.2) is 4.39 Å². The average Bonchev–Trinajstić information content (AvgIpc) is 2.51. The topological polar surface area (TPSA) is 41.1 Å². The second-order valence-corrected chi connectivity index (χ2v) is 5.28. The SMILES string of the molecule is CCCc1ccc(N[C@@H](C)C(=O)Nc2ccccc2F)cc1. The molecule has 116 valence electrons. The Kier molecular flexibility index (Phi) is 5.53. The third-order valence-corrected chi connectivity index (χ3v) is 3.40. The lowest BCUT2D eigenvalue weighted by atomic mass is 10.1. The molecule has 0 aliphatic heterocycles. The summed E-state index contributed by atoms with van der Waals surface area (Å²) in [5, 5.41) is 5.70. The molecule has 0 heterocycles. The number of aryl methyl sites for hydroxylation is 1. The minimum atomic E-state index is -0.461. The Hall–Kier alpha value is -2.36. The molecule has 1 atom stereocenters. The number of carbonyl (C=O) groups excluding carboxylic acids is 1. The Morgan fingerprint density at radius 2 is 1.82 bits per heavy atom. The number of amides is 1. The predicted molar refractivity (Wildman–Crippen MR) is 88.6 cm³/mol. The van der Waals surface area contributed by atoms with Crippen LogP contribution in [-0.4, -0.2) is 11.9 Å². The minimum absolute atomic E-state index is 0.194. The third-order valence-electron chi connectivity index (χ3n) is 3.40. The first kappa shape index (κ1) is 16.0. The van der Waals surface area contributed by atoms with Gasteiger partial charge in [-0.15, -0.1) is 0 Å². The first-order chi connectivity index (χ1) is 10.6. The molecule has 2 aromatic carbocycles. The van der Waals surface area contributed by atoms with Gasteiger partial charge in [0.2, 0.25) is 5.91 Å². The molecule has 0 spiro atoms. The molecule has 4 heteroatoms. The number of halogens is 1. The largest absolute Gasteiger partial charge is 0.374 e. The Morgan fingerprint density at radius 1 is 1.14 bits per heavy atom. The number of nitrogens with one attached hydrogen (secondary N) is 2. The Labute approximate surface area is 130 Å². The van der Waals surface area contributed by atoms with Gasteiger partial charge in [-0.3, -0.25) is 4.79 Å². The van der Waals surface area contributed by atoms with Crippen LogP contribution in [0.2, 0.25) is 0 Å². The highest BCUT2D eigenvalue weighted by Crippen LogP contribution is 2.15. The van der Waals surface area contributed by atoms with Gasteiger partial charge in [-0.2, -0.15) is 0 Å². The first-order valence-electron chi connectivity index (χ1n) is 7.51. The predicted octanol–water partition coefficient (Wildman–Crippen LogP) is 4.22. The van der Waals surface area contributed by atoms with Gasteiger partial charge in [0.05, 0.1) is 5.69 Å². The molecule has 0 radical (unpaired) electrons. The number of rotatable bonds is 6. The summed E-state index contributed by atoms with van der Waals surface area (Å²) >= 11 is 0. The highest BCUT2D eigenvalue weighted by atomic mass is 19.1. The summed E-state index contributed by atoms with van der Waals surface area (Å²) in [7, 11) is 0. The van der Waals surface area contributed by atoms with Crippen LogP contribution in [-0.2, 0) is 11.2 Å². The van der Waals surface area contributed by atoms with Crippen molar-refractivity contribution >= 4 is 17.3 Å². The highest BCUT2D eigenvalue weighted by Gasteiger charge is 2.14. The van der Waals surface area contributed by atoms with Crippen molar-refractivity contribution in [3.8, 4) is 0 Å². The first-order valence-corrected chi connectivity index (χ1v) is 7.51. The molecule has 22 heavy (non-hydrogen) atoms. The summed E-state index contributed by atoms with van der Waals surface area (Å²) in [5.41, 5.74) is 2.34. The maximum Gasteiger partial charge on any atom is 0.246 e. The van der Waals surface area contributed by atoms with Crippen molar-refractivity contribution in [1.29, 1.82) is 0 Å². The van der Waals surface area contributed by atoms with Gasteiger partial charge >= 0.3 is 0 Å². The number of hydrogen-bond donors (Lipinski definition) is 2. The fourth-order valence-corrected chi connectivity index (χ4v) is 2.18. The molecule has 0 unspecified atom stereocenters. The van der Waals surface area contributed by atoms with Crippen LogP contribution < -0.4 is 10.6 Å². The standard InChI is InChI=1S/C18H21FN2O/c1-3-6-14-9-11-15(12-10-14)20-13(2)18(22)21-17-8-5-4-7-16(17)19/h4-5,7-13,20H,3,6H2,1-2H3,(H,21,22)/t13-/m0/s1. The lowest BCUT2D eigenvalue weighted by Gasteiger charge is -2.16. The molecule has 0 saturated heterocycles. The number of benzene rings is 2. The molecule has 0 aliphatic carbocycles. The van der Waals surface area contributed by atoms with E-state index in [-0.39, 0.29) is 11.6 Å². The molecule has 0 bridgehead atoms. The van der Waals surface area contributed by atoms with E-state index in [0.29, 0.717) is 0 Å². The van der Waals surface area contributed by atoms with Gasteiger partial charge in [0.25, 0.3) is 0 Å². The van der Waals surface area contributed by atoms with E-state index in [0.717, 1.165) is 18.5 Å². The second kappa shape index (κ2) is 7.59. The summed E-state index contributed by atoms with van der Waals surface area (Å²) in [5.74, 6) is -0.713. The van der Waals surface area contributed by atoms with Gasteiger partial charge in [-0.05, 0) is 43.2 Å². The molecule has 2 aromatic rings. The molecule has 2 rings (SSSR count). The Morgan fingerprint density at radius 3 is 2.45 bits per heavy atom. The zero-order chi connectivity index (χ0) is 15.9. The van der Waals surface area contributed by atoms with Crippen LogP contribution in [0.1, 0.15) is 25.8 Å². The van der Waals surface area contributed by atoms with Crippen LogP contribution in [0, 0.1) is 5.82 Å².